The maximum absolute atomic E-state index is 14.4. The second-order valence-electron chi connectivity index (χ2n) is 13.3. The zero-order valence-corrected chi connectivity index (χ0v) is 29.0. The number of aliphatic hydroxyl groups is 1. The Balaban J connectivity index is 1.44. The first-order chi connectivity index (χ1) is 23.4. The number of ether oxygens (including phenoxy) is 5. The molecule has 270 valence electrons. The van der Waals surface area contributed by atoms with Crippen LogP contribution in [0.25, 0.3) is 0 Å². The minimum atomic E-state index is -4.25. The topological polar surface area (TPSA) is 173 Å². The van der Waals surface area contributed by atoms with Crippen molar-refractivity contribution in [1.29, 1.82) is 0 Å². The fourth-order valence-electron chi connectivity index (χ4n) is 6.79. The van der Waals surface area contributed by atoms with E-state index in [1.165, 1.54) is 27.4 Å². The standard InChI is InChI=1S/C34H47N3O11S/c1-4-44-32(39)35-15-8-14-34(2,3)21-36(49(42,43)24-11-12-29-30(18-24)48-22-47-29)19-28(38)26(17-23-9-6-5-7-10-23)37(33(40)41)27-20-46-31-25(27)13-16-45-31/h5-7,9-12,18,25-28,31,38H,4,8,13-17,19-22H2,1-3H3,(H,35,39)(H,40,41)/t25-,26-,27-,28+,31+/m0/s1. The number of hydrogen-bond acceptors (Lipinski definition) is 10. The van der Waals surface area contributed by atoms with E-state index in [9.17, 15) is 28.2 Å². The van der Waals surface area contributed by atoms with Crippen LogP contribution in [-0.2, 0) is 30.7 Å². The van der Waals surface area contributed by atoms with Gasteiger partial charge < -0.3 is 39.2 Å². The van der Waals surface area contributed by atoms with E-state index in [1.54, 1.807) is 6.92 Å². The average molecular weight is 706 g/mol. The van der Waals surface area contributed by atoms with E-state index in [0.717, 1.165) is 5.56 Å². The van der Waals surface area contributed by atoms with Crippen molar-refractivity contribution in [2.75, 3.05) is 46.2 Å². The summed E-state index contributed by atoms with van der Waals surface area (Å²) in [5.74, 6) is 0.504. The summed E-state index contributed by atoms with van der Waals surface area (Å²) < 4.78 is 57.3. The molecular formula is C34H47N3O11S. The molecule has 0 saturated carbocycles. The zero-order valence-electron chi connectivity index (χ0n) is 28.2. The number of sulfonamides is 1. The van der Waals surface area contributed by atoms with Crippen molar-refractivity contribution in [3.8, 4) is 11.5 Å². The van der Waals surface area contributed by atoms with E-state index < -0.39 is 52.1 Å². The van der Waals surface area contributed by atoms with E-state index in [-0.39, 0.29) is 50.3 Å². The molecule has 2 aromatic carbocycles. The number of benzene rings is 2. The summed E-state index contributed by atoms with van der Waals surface area (Å²) in [4.78, 5) is 26.0. The molecule has 3 N–H and O–H groups in total. The van der Waals surface area contributed by atoms with Crippen LogP contribution in [-0.4, -0.2) is 111 Å². The molecule has 0 unspecified atom stereocenters. The summed E-state index contributed by atoms with van der Waals surface area (Å²) in [5.41, 5.74) is 0.171. The van der Waals surface area contributed by atoms with Gasteiger partial charge in [-0.25, -0.2) is 18.0 Å². The van der Waals surface area contributed by atoms with E-state index in [2.05, 4.69) is 5.32 Å². The summed E-state index contributed by atoms with van der Waals surface area (Å²) in [5, 5.41) is 25.4. The van der Waals surface area contributed by atoms with Crippen molar-refractivity contribution in [1.82, 2.24) is 14.5 Å². The summed E-state index contributed by atoms with van der Waals surface area (Å²) in [6.45, 7) is 6.24. The molecule has 14 nitrogen and oxygen atoms in total. The predicted octanol–water partition coefficient (Wildman–Crippen LogP) is 3.67. The van der Waals surface area contributed by atoms with Crippen molar-refractivity contribution in [3.63, 3.8) is 0 Å². The highest BCUT2D eigenvalue weighted by atomic mass is 32.2. The number of amides is 2. The molecule has 2 saturated heterocycles. The second-order valence-corrected chi connectivity index (χ2v) is 15.3. The lowest BCUT2D eigenvalue weighted by molar-refractivity contribution is -0.0906. The van der Waals surface area contributed by atoms with E-state index in [4.69, 9.17) is 23.7 Å². The Morgan fingerprint density at radius 1 is 1.10 bits per heavy atom. The monoisotopic (exact) mass is 705 g/mol. The fraction of sp³-hybridized carbons (Fsp3) is 0.588. The molecule has 0 aliphatic carbocycles. The molecule has 2 amide bonds. The van der Waals surface area contributed by atoms with E-state index in [1.807, 2.05) is 44.2 Å². The molecule has 0 radical (unpaired) electrons. The molecule has 49 heavy (non-hydrogen) atoms. The summed E-state index contributed by atoms with van der Waals surface area (Å²) in [6, 6.07) is 12.0. The van der Waals surface area contributed by atoms with Gasteiger partial charge in [-0.1, -0.05) is 44.2 Å². The molecule has 3 aliphatic rings. The first kappa shape index (κ1) is 36.6. The minimum Gasteiger partial charge on any atom is -0.465 e. The Morgan fingerprint density at radius 3 is 2.59 bits per heavy atom. The highest BCUT2D eigenvalue weighted by Gasteiger charge is 2.49. The molecule has 5 atom stereocenters. The maximum atomic E-state index is 14.4. The van der Waals surface area contributed by atoms with Gasteiger partial charge in [0.05, 0.1) is 42.9 Å². The maximum Gasteiger partial charge on any atom is 0.407 e. The molecule has 0 aromatic heterocycles. The summed E-state index contributed by atoms with van der Waals surface area (Å²) in [6.07, 6.45) is -1.89. The average Bonchev–Trinajstić information content (AvgIpc) is 3.81. The normalized spacial score (nSPS) is 21.3. The van der Waals surface area contributed by atoms with Crippen molar-refractivity contribution >= 4 is 22.2 Å². The summed E-state index contributed by atoms with van der Waals surface area (Å²) >= 11 is 0. The Bertz CT molecular complexity index is 1540. The SMILES string of the molecule is CCOC(=O)NCCCC(C)(C)CN(C[C@@H](O)[C@H](Cc1ccccc1)N(C(=O)O)[C@H]1CO[C@H]2OCC[C@H]21)S(=O)(=O)c1ccc2c(c1)OCO2. The molecule has 2 fully saturated rings. The van der Waals surface area contributed by atoms with Gasteiger partial charge >= 0.3 is 12.2 Å². The predicted molar refractivity (Wildman–Crippen MR) is 177 cm³/mol. The van der Waals surface area contributed by atoms with Gasteiger partial charge in [-0.3, -0.25) is 4.90 Å². The van der Waals surface area contributed by atoms with Crippen LogP contribution in [0.4, 0.5) is 9.59 Å². The van der Waals surface area contributed by atoms with Gasteiger partial charge in [0.25, 0.3) is 0 Å². The third kappa shape index (κ3) is 8.94. The van der Waals surface area contributed by atoms with Gasteiger partial charge in [0.2, 0.25) is 16.8 Å². The number of nitrogens with zero attached hydrogens (tertiary/aromatic N) is 2. The van der Waals surface area contributed by atoms with Crippen molar-refractivity contribution < 1.29 is 51.9 Å². The van der Waals surface area contributed by atoms with Gasteiger partial charge in [0.15, 0.2) is 17.8 Å². The largest absolute Gasteiger partial charge is 0.465 e. The van der Waals surface area contributed by atoms with Crippen molar-refractivity contribution in [2.45, 2.75) is 75.8 Å². The van der Waals surface area contributed by atoms with Gasteiger partial charge in [0, 0.05) is 31.6 Å². The van der Waals surface area contributed by atoms with Gasteiger partial charge in [-0.2, -0.15) is 4.31 Å². The van der Waals surface area contributed by atoms with Crippen LogP contribution >= 0.6 is 0 Å². The number of alkyl carbamates (subject to hydrolysis) is 1. The number of carbonyl (C=O) groups excluding carboxylic acids is 1. The summed E-state index contributed by atoms with van der Waals surface area (Å²) in [7, 11) is -4.25. The number of carboxylic acid groups (broad SMARTS) is 1. The van der Waals surface area contributed by atoms with Gasteiger partial charge in [0.1, 0.15) is 0 Å². The molecule has 0 spiro atoms. The first-order valence-corrected chi connectivity index (χ1v) is 18.1. The molecule has 15 heteroatoms. The minimum absolute atomic E-state index is 0.00352. The van der Waals surface area contributed by atoms with Crippen LogP contribution in [0.15, 0.2) is 53.4 Å². The van der Waals surface area contributed by atoms with E-state index in [0.29, 0.717) is 43.9 Å². The molecule has 3 heterocycles. The number of nitrogens with one attached hydrogen (secondary N) is 1. The number of aliphatic hydroxyl groups excluding tert-OH is 1. The van der Waals surface area contributed by atoms with Crippen LogP contribution in [0.1, 0.15) is 45.6 Å². The Morgan fingerprint density at radius 2 is 1.86 bits per heavy atom. The van der Waals surface area contributed by atoms with Crippen molar-refractivity contribution in [3.05, 3.63) is 54.1 Å². The van der Waals surface area contributed by atoms with Crippen molar-refractivity contribution in [2.24, 2.45) is 11.3 Å². The lowest BCUT2D eigenvalue weighted by Gasteiger charge is -2.40. The highest BCUT2D eigenvalue weighted by molar-refractivity contribution is 7.89. The van der Waals surface area contributed by atoms with Gasteiger partial charge in [-0.15, -0.1) is 0 Å². The molecule has 2 aromatic rings. The highest BCUT2D eigenvalue weighted by Crippen LogP contribution is 2.38. The quantitative estimate of drug-likeness (QED) is 0.218. The van der Waals surface area contributed by atoms with Crippen LogP contribution in [0, 0.1) is 11.3 Å². The van der Waals surface area contributed by atoms with Gasteiger partial charge in [-0.05, 0) is 55.7 Å². The third-order valence-electron chi connectivity index (χ3n) is 9.23. The lowest BCUT2D eigenvalue weighted by atomic mass is 9.87. The molecule has 5 rings (SSSR count). The molecule has 0 bridgehead atoms. The number of rotatable bonds is 16. The first-order valence-electron chi connectivity index (χ1n) is 16.7. The Labute approximate surface area is 287 Å². The van der Waals surface area contributed by atoms with Crippen LogP contribution in [0.5, 0.6) is 11.5 Å². The fourth-order valence-corrected chi connectivity index (χ4v) is 8.46. The number of fused-ring (bicyclic) bond motifs is 2. The van der Waals surface area contributed by atoms with E-state index >= 15 is 0 Å². The second kappa shape index (κ2) is 15.9. The van der Waals surface area contributed by atoms with Crippen LogP contribution < -0.4 is 14.8 Å². The number of hydrogen-bond donors (Lipinski definition) is 3. The lowest BCUT2D eigenvalue weighted by Crippen LogP contribution is -2.58. The number of carbonyl (C=O) groups is 2. The Kier molecular flexibility index (Phi) is 11.9. The van der Waals surface area contributed by atoms with Crippen LogP contribution in [0.2, 0.25) is 0 Å². The molecular weight excluding hydrogens is 658 g/mol. The van der Waals surface area contributed by atoms with Crippen LogP contribution in [0.3, 0.4) is 0 Å². The third-order valence-corrected chi connectivity index (χ3v) is 11.0. The zero-order chi connectivity index (χ0) is 35.2. The molecule has 3 aliphatic heterocycles. The smallest absolute Gasteiger partial charge is 0.407 e. The Hall–Kier alpha value is -3.63.